The van der Waals surface area contributed by atoms with E-state index in [9.17, 15) is 0 Å². The van der Waals surface area contributed by atoms with Gasteiger partial charge in [-0.1, -0.05) is 0 Å². The molecule has 6 heteroatoms. The summed E-state index contributed by atoms with van der Waals surface area (Å²) in [6.07, 6.45) is 3.23. The van der Waals surface area contributed by atoms with Gasteiger partial charge in [0.1, 0.15) is 12.1 Å². The van der Waals surface area contributed by atoms with Gasteiger partial charge in [-0.05, 0) is 13.0 Å². The lowest BCUT2D eigenvalue weighted by molar-refractivity contribution is 0.757. The fraction of sp³-hybridized carbons (Fsp3) is 0.300. The first kappa shape index (κ1) is 10.4. The number of nitrogens with one attached hydrogen (secondary N) is 1. The number of anilines is 2. The van der Waals surface area contributed by atoms with Gasteiger partial charge in [0.25, 0.3) is 0 Å². The smallest absolute Gasteiger partial charge is 0.148 e. The zero-order valence-corrected chi connectivity index (χ0v) is 9.31. The Balaban J connectivity index is 2.11. The van der Waals surface area contributed by atoms with Gasteiger partial charge in [0, 0.05) is 13.2 Å². The van der Waals surface area contributed by atoms with E-state index in [1.54, 1.807) is 10.9 Å². The summed E-state index contributed by atoms with van der Waals surface area (Å²) in [5, 5.41) is 7.42. The number of nitrogens with two attached hydrogens (primary N) is 1. The average molecular weight is 218 g/mol. The fourth-order valence-corrected chi connectivity index (χ4v) is 1.48. The Labute approximate surface area is 93.5 Å². The minimum Gasteiger partial charge on any atom is -0.394 e. The molecule has 0 aromatic carbocycles. The third kappa shape index (κ3) is 1.95. The number of nitrogens with zero attached hydrogens (tertiary/aromatic N) is 4. The number of rotatable bonds is 3. The van der Waals surface area contributed by atoms with E-state index in [0.717, 1.165) is 17.2 Å². The zero-order chi connectivity index (χ0) is 11.5. The molecular weight excluding hydrogens is 204 g/mol. The lowest BCUT2D eigenvalue weighted by Gasteiger charge is -2.06. The zero-order valence-electron chi connectivity index (χ0n) is 9.31. The molecule has 0 saturated heterocycles. The van der Waals surface area contributed by atoms with E-state index in [-0.39, 0.29) is 0 Å². The van der Waals surface area contributed by atoms with Gasteiger partial charge in [-0.25, -0.2) is 9.97 Å². The number of aryl methyl sites for hydroxylation is 2. The highest BCUT2D eigenvalue weighted by Gasteiger charge is 2.09. The van der Waals surface area contributed by atoms with Crippen molar-refractivity contribution in [3.05, 3.63) is 30.0 Å². The van der Waals surface area contributed by atoms with Crippen molar-refractivity contribution in [1.29, 1.82) is 0 Å². The Morgan fingerprint density at radius 2 is 2.31 bits per heavy atom. The van der Waals surface area contributed by atoms with Crippen LogP contribution in [0.1, 0.15) is 11.4 Å². The number of hydrogen-bond donors (Lipinski definition) is 2. The predicted molar refractivity (Wildman–Crippen MR) is 61.7 cm³/mol. The van der Waals surface area contributed by atoms with Crippen molar-refractivity contribution in [2.45, 2.75) is 13.5 Å². The second-order valence-corrected chi connectivity index (χ2v) is 3.53. The molecule has 0 aliphatic heterocycles. The van der Waals surface area contributed by atoms with Crippen molar-refractivity contribution in [2.75, 3.05) is 11.1 Å². The average Bonchev–Trinajstić information content (AvgIpc) is 2.53. The van der Waals surface area contributed by atoms with Crippen molar-refractivity contribution in [2.24, 2.45) is 7.05 Å². The summed E-state index contributed by atoms with van der Waals surface area (Å²) in [5.74, 6) is 0.816. The first-order chi connectivity index (χ1) is 7.68. The van der Waals surface area contributed by atoms with Gasteiger partial charge in [-0.2, -0.15) is 5.10 Å². The van der Waals surface area contributed by atoms with Crippen LogP contribution in [0.4, 0.5) is 11.5 Å². The molecule has 84 valence electrons. The molecule has 2 rings (SSSR count). The van der Waals surface area contributed by atoms with Gasteiger partial charge in [0.2, 0.25) is 0 Å². The van der Waals surface area contributed by atoms with Crippen LogP contribution in [0.15, 0.2) is 18.6 Å². The monoisotopic (exact) mass is 218 g/mol. The van der Waals surface area contributed by atoms with Crippen LogP contribution in [0.3, 0.4) is 0 Å². The Kier molecular flexibility index (Phi) is 2.72. The van der Waals surface area contributed by atoms with Crippen LogP contribution in [0, 0.1) is 6.92 Å². The van der Waals surface area contributed by atoms with Crippen LogP contribution in [-0.2, 0) is 13.6 Å². The van der Waals surface area contributed by atoms with Gasteiger partial charge in [0.05, 0.1) is 23.6 Å². The quantitative estimate of drug-likeness (QED) is 0.793. The third-order valence-corrected chi connectivity index (χ3v) is 2.35. The van der Waals surface area contributed by atoms with E-state index in [1.165, 1.54) is 6.33 Å². The highest BCUT2D eigenvalue weighted by atomic mass is 15.3. The molecule has 2 aromatic rings. The molecule has 2 aromatic heterocycles. The standard InChI is InChI=1S/C10H14N6/c1-7-9(11)10(16(2)15-7)13-5-8-3-4-12-6-14-8/h3-4,6,13H,5,11H2,1-2H3. The summed E-state index contributed by atoms with van der Waals surface area (Å²) in [4.78, 5) is 7.97. The SMILES string of the molecule is Cc1nn(C)c(NCc2ccncn2)c1N. The molecule has 6 nitrogen and oxygen atoms in total. The minimum atomic E-state index is 0.603. The largest absolute Gasteiger partial charge is 0.394 e. The van der Waals surface area contributed by atoms with Gasteiger partial charge in [-0.3, -0.25) is 4.68 Å². The number of nitrogen functional groups attached to an aromatic ring is 1. The van der Waals surface area contributed by atoms with E-state index in [1.807, 2.05) is 20.0 Å². The second kappa shape index (κ2) is 4.18. The summed E-state index contributed by atoms with van der Waals surface area (Å²) in [7, 11) is 1.85. The van der Waals surface area contributed by atoms with Gasteiger partial charge in [-0.15, -0.1) is 0 Å². The van der Waals surface area contributed by atoms with Crippen molar-refractivity contribution in [3.63, 3.8) is 0 Å². The summed E-state index contributed by atoms with van der Waals surface area (Å²) < 4.78 is 1.73. The van der Waals surface area contributed by atoms with Crippen LogP contribution in [0.25, 0.3) is 0 Å². The Morgan fingerprint density at radius 3 is 2.88 bits per heavy atom. The van der Waals surface area contributed by atoms with Crippen LogP contribution >= 0.6 is 0 Å². The van der Waals surface area contributed by atoms with E-state index in [0.29, 0.717) is 12.2 Å². The molecule has 16 heavy (non-hydrogen) atoms. The molecule has 3 N–H and O–H groups in total. The van der Waals surface area contributed by atoms with E-state index in [4.69, 9.17) is 5.73 Å². The highest BCUT2D eigenvalue weighted by Crippen LogP contribution is 2.21. The molecule has 2 heterocycles. The van der Waals surface area contributed by atoms with Crippen molar-refractivity contribution in [1.82, 2.24) is 19.7 Å². The second-order valence-electron chi connectivity index (χ2n) is 3.53. The van der Waals surface area contributed by atoms with Crippen molar-refractivity contribution >= 4 is 11.5 Å². The summed E-state index contributed by atoms with van der Waals surface area (Å²) >= 11 is 0. The maximum atomic E-state index is 5.89. The van der Waals surface area contributed by atoms with Crippen LogP contribution < -0.4 is 11.1 Å². The molecule has 0 unspecified atom stereocenters. The van der Waals surface area contributed by atoms with Crippen LogP contribution in [0.2, 0.25) is 0 Å². The van der Waals surface area contributed by atoms with Crippen molar-refractivity contribution < 1.29 is 0 Å². The molecule has 0 bridgehead atoms. The number of aromatic nitrogens is 4. The first-order valence-corrected chi connectivity index (χ1v) is 4.96. The minimum absolute atomic E-state index is 0.603. The topological polar surface area (TPSA) is 81.7 Å². The van der Waals surface area contributed by atoms with E-state index < -0.39 is 0 Å². The number of hydrogen-bond acceptors (Lipinski definition) is 5. The normalized spacial score (nSPS) is 10.4. The maximum absolute atomic E-state index is 5.89. The van der Waals surface area contributed by atoms with E-state index >= 15 is 0 Å². The predicted octanol–water partition coefficient (Wildman–Crippen LogP) is 0.713. The molecule has 0 radical (unpaired) electrons. The summed E-state index contributed by atoms with van der Waals surface area (Å²) in [5.41, 5.74) is 8.30. The van der Waals surface area contributed by atoms with Crippen molar-refractivity contribution in [3.8, 4) is 0 Å². The molecule has 0 saturated carbocycles. The summed E-state index contributed by atoms with van der Waals surface area (Å²) in [6.45, 7) is 2.48. The summed E-state index contributed by atoms with van der Waals surface area (Å²) in [6, 6.07) is 1.85. The van der Waals surface area contributed by atoms with Gasteiger partial charge >= 0.3 is 0 Å². The molecule has 0 amide bonds. The lowest BCUT2D eigenvalue weighted by Crippen LogP contribution is -2.07. The molecule has 0 atom stereocenters. The highest BCUT2D eigenvalue weighted by molar-refractivity contribution is 5.64. The Bertz CT molecular complexity index is 476. The molecule has 0 spiro atoms. The molecule has 0 aliphatic carbocycles. The third-order valence-electron chi connectivity index (χ3n) is 2.35. The molecule has 0 fully saturated rings. The molecule has 0 aliphatic rings. The lowest BCUT2D eigenvalue weighted by atomic mass is 10.3. The van der Waals surface area contributed by atoms with Crippen LogP contribution in [0.5, 0.6) is 0 Å². The van der Waals surface area contributed by atoms with E-state index in [2.05, 4.69) is 20.4 Å². The maximum Gasteiger partial charge on any atom is 0.148 e. The fourth-order valence-electron chi connectivity index (χ4n) is 1.48. The molecular formula is C10H14N6. The first-order valence-electron chi connectivity index (χ1n) is 4.96. The Hall–Kier alpha value is -2.11. The van der Waals surface area contributed by atoms with Gasteiger partial charge in [0.15, 0.2) is 0 Å². The van der Waals surface area contributed by atoms with Crippen LogP contribution in [-0.4, -0.2) is 19.7 Å². The Morgan fingerprint density at radius 1 is 1.50 bits per heavy atom. The van der Waals surface area contributed by atoms with Gasteiger partial charge < -0.3 is 11.1 Å².